The summed E-state index contributed by atoms with van der Waals surface area (Å²) in [4.78, 5) is 33.4. The van der Waals surface area contributed by atoms with Crippen LogP contribution >= 0.6 is 0 Å². The topological polar surface area (TPSA) is 110 Å². The lowest BCUT2D eigenvalue weighted by Gasteiger charge is -2.12. The number of para-hydroxylation sites is 4. The molecule has 112 heavy (non-hydrogen) atoms. The van der Waals surface area contributed by atoms with E-state index >= 15 is 0 Å². The fourth-order valence-corrected chi connectivity index (χ4v) is 16.5. The van der Waals surface area contributed by atoms with E-state index in [1.54, 1.807) is 12.4 Å². The first kappa shape index (κ1) is 65.0. The fourth-order valence-electron chi connectivity index (χ4n) is 16.5. The van der Waals surface area contributed by atoms with Gasteiger partial charge in [0.2, 0.25) is 0 Å². The summed E-state index contributed by atoms with van der Waals surface area (Å²) in [7, 11) is 0. The van der Waals surface area contributed by atoms with Crippen molar-refractivity contribution in [1.29, 1.82) is 0 Å². The van der Waals surface area contributed by atoms with Crippen molar-refractivity contribution < 1.29 is 0 Å². The van der Waals surface area contributed by atoms with Gasteiger partial charge in [0.05, 0.1) is 67.3 Å². The Morgan fingerprint density at radius 1 is 0.170 bits per heavy atom. The van der Waals surface area contributed by atoms with Crippen molar-refractivity contribution in [3.63, 3.8) is 0 Å². The van der Waals surface area contributed by atoms with Gasteiger partial charge in [-0.15, -0.1) is 0 Å². The zero-order valence-electron chi connectivity index (χ0n) is 60.4. The predicted molar refractivity (Wildman–Crippen MR) is 458 cm³/mol. The number of hydrogen-bond acceptors (Lipinski definition) is 7. The number of pyridine rings is 7. The molecule has 11 heterocycles. The molecule has 11 aromatic carbocycles. The maximum atomic E-state index is 4.96. The van der Waals surface area contributed by atoms with Crippen molar-refractivity contribution in [1.82, 2.24) is 53.2 Å². The zero-order valence-corrected chi connectivity index (χ0v) is 60.4. The Balaban J connectivity index is 0.000000141. The molecule has 0 fully saturated rings. The summed E-state index contributed by atoms with van der Waals surface area (Å²) in [6, 6.07) is 126. The van der Waals surface area contributed by atoms with Crippen molar-refractivity contribution in [3.8, 4) is 113 Å². The number of hydrogen-bond donors (Lipinski definition) is 0. The summed E-state index contributed by atoms with van der Waals surface area (Å²) in [5.41, 5.74) is 29.5. The lowest BCUT2D eigenvalue weighted by Crippen LogP contribution is -1.96. The van der Waals surface area contributed by atoms with Gasteiger partial charge in [-0.1, -0.05) is 158 Å². The van der Waals surface area contributed by atoms with Crippen LogP contribution in [0.15, 0.2) is 395 Å². The van der Waals surface area contributed by atoms with E-state index in [1.807, 2.05) is 97.6 Å². The van der Waals surface area contributed by atoms with E-state index in [-0.39, 0.29) is 0 Å². The minimum Gasteiger partial charge on any atom is -0.309 e. The second kappa shape index (κ2) is 27.5. The molecule has 0 N–H and O–H groups in total. The molecule has 0 amide bonds. The van der Waals surface area contributed by atoms with Crippen molar-refractivity contribution in [2.45, 2.75) is 0 Å². The van der Waals surface area contributed by atoms with Gasteiger partial charge in [0.25, 0.3) is 0 Å². The van der Waals surface area contributed by atoms with Crippen LogP contribution in [-0.2, 0) is 0 Å². The average Bonchev–Trinajstić information content (AvgIpc) is 1.58. The second-order valence-electron chi connectivity index (χ2n) is 28.0. The van der Waals surface area contributed by atoms with Crippen LogP contribution in [0.3, 0.4) is 0 Å². The van der Waals surface area contributed by atoms with E-state index in [1.165, 1.54) is 71.3 Å². The molecule has 22 rings (SSSR count). The van der Waals surface area contributed by atoms with Gasteiger partial charge in [0.1, 0.15) is 11.3 Å². The van der Waals surface area contributed by atoms with E-state index in [0.717, 1.165) is 129 Å². The molecule has 11 nitrogen and oxygen atoms in total. The van der Waals surface area contributed by atoms with Crippen molar-refractivity contribution in [3.05, 3.63) is 395 Å². The maximum Gasteiger partial charge on any atom is 0.145 e. The third-order valence-corrected chi connectivity index (χ3v) is 21.6. The summed E-state index contributed by atoms with van der Waals surface area (Å²) in [5, 5.41) is 9.54. The number of rotatable bonds is 12. The number of aromatic nitrogens is 11. The normalized spacial score (nSPS) is 11.6. The minimum atomic E-state index is 0.801. The molecule has 0 saturated heterocycles. The molecule has 11 aromatic heterocycles. The molecule has 22 aromatic rings. The van der Waals surface area contributed by atoms with Crippen LogP contribution in [0, 0.1) is 0 Å². The van der Waals surface area contributed by atoms with Gasteiger partial charge >= 0.3 is 0 Å². The smallest absolute Gasteiger partial charge is 0.145 e. The molecule has 0 unspecified atom stereocenters. The number of nitrogens with zero attached hydrogens (tertiary/aromatic N) is 11. The first-order chi connectivity index (χ1) is 55.6. The van der Waals surface area contributed by atoms with Gasteiger partial charge in [-0.25, -0.2) is 15.0 Å². The Bertz CT molecular complexity index is 6770. The van der Waals surface area contributed by atoms with Crippen LogP contribution in [0.5, 0.6) is 0 Å². The van der Waals surface area contributed by atoms with Crippen molar-refractivity contribution in [2.24, 2.45) is 0 Å². The maximum absolute atomic E-state index is 4.96. The molecule has 0 spiro atoms. The first-order valence-electron chi connectivity index (χ1n) is 37.6. The number of benzene rings is 11. The minimum absolute atomic E-state index is 0.801. The van der Waals surface area contributed by atoms with Crippen LogP contribution in [0.1, 0.15) is 0 Å². The standard InChI is InChI=1S/C51H33N5.C50H32N6/c1-2-12-39(13-3-1)55-47-19-5-4-14-43(47)50-41(15-10-20-49(50)55)35-23-26-48-44(33-35)42-16-11-29-54-51(42)56(48)40-24-21-34(22-25-40)36-30-37(45-17-6-8-27-52-45)32-38(31-36)46-18-7-9-28-53-46;1-2-12-36(13-3-1)55-46-19-5-4-14-40(46)49-38(15-10-20-48(49)55)34-23-26-47-41(30-34)39-16-11-29-53-50(39)56(47)37-24-21-33(22-25-37)35-31-44(42-17-6-8-27-51-42)54-45(32-35)43-18-7-9-28-52-43/h1-33H;1-32H. The molecule has 0 atom stereocenters. The lowest BCUT2D eigenvalue weighted by atomic mass is 9.96. The van der Waals surface area contributed by atoms with Crippen molar-refractivity contribution >= 4 is 87.5 Å². The van der Waals surface area contributed by atoms with Crippen molar-refractivity contribution in [2.75, 3.05) is 0 Å². The second-order valence-corrected chi connectivity index (χ2v) is 28.0. The molecule has 0 saturated carbocycles. The highest BCUT2D eigenvalue weighted by molar-refractivity contribution is 6.19. The molecule has 0 radical (unpaired) electrons. The van der Waals surface area contributed by atoms with Crippen LogP contribution in [-0.4, -0.2) is 53.2 Å². The Kier molecular flexibility index (Phi) is 15.9. The third kappa shape index (κ3) is 11.3. The number of fused-ring (bicyclic) bond motifs is 12. The Labute approximate surface area is 644 Å². The van der Waals surface area contributed by atoms with E-state index in [2.05, 4.69) is 323 Å². The molecule has 0 aliphatic carbocycles. The van der Waals surface area contributed by atoms with E-state index in [9.17, 15) is 0 Å². The quantitative estimate of drug-likeness (QED) is 0.120. The summed E-state index contributed by atoms with van der Waals surface area (Å²) >= 11 is 0. The highest BCUT2D eigenvalue weighted by atomic mass is 15.1. The molecule has 0 bridgehead atoms. The molecule has 524 valence electrons. The summed E-state index contributed by atoms with van der Waals surface area (Å²) in [5.74, 6) is 0. The van der Waals surface area contributed by atoms with Gasteiger partial charge < -0.3 is 9.13 Å². The molecule has 0 aliphatic heterocycles. The first-order valence-corrected chi connectivity index (χ1v) is 37.6. The summed E-state index contributed by atoms with van der Waals surface area (Å²) in [6.45, 7) is 0. The monoisotopic (exact) mass is 1430 g/mol. The largest absolute Gasteiger partial charge is 0.309 e. The average molecular weight is 1430 g/mol. The van der Waals surface area contributed by atoms with Crippen LogP contribution in [0.4, 0.5) is 0 Å². The molecule has 0 aliphatic rings. The molecular formula is C101H65N11. The van der Waals surface area contributed by atoms with Crippen LogP contribution < -0.4 is 0 Å². The van der Waals surface area contributed by atoms with E-state index in [0.29, 0.717) is 0 Å². The molecular weight excluding hydrogens is 1370 g/mol. The lowest BCUT2D eigenvalue weighted by molar-refractivity contribution is 1.14. The van der Waals surface area contributed by atoms with Crippen LogP contribution in [0.2, 0.25) is 0 Å². The third-order valence-electron chi connectivity index (χ3n) is 21.6. The summed E-state index contributed by atoms with van der Waals surface area (Å²) in [6.07, 6.45) is 11.0. The van der Waals surface area contributed by atoms with Gasteiger partial charge in [0, 0.05) is 114 Å². The van der Waals surface area contributed by atoms with E-state index < -0.39 is 0 Å². The zero-order chi connectivity index (χ0) is 74.0. The highest BCUT2D eigenvalue weighted by Crippen LogP contribution is 2.45. The van der Waals surface area contributed by atoms with E-state index in [4.69, 9.17) is 15.0 Å². The van der Waals surface area contributed by atoms with Gasteiger partial charge in [-0.2, -0.15) is 0 Å². The SMILES string of the molecule is c1ccc(-n2c3ccccc3c3c(-c4ccc5c(c4)c4cccnc4n5-c4ccc(-c5cc(-c6ccccn6)cc(-c6ccccn6)c5)cc4)cccc32)cc1.c1ccc(-n2c3ccccc3c3c(-c4ccc5c(c4)c4cccnc4n5-c4ccc(-c5cc(-c6ccccn6)nc(-c6ccccn6)c5)cc4)cccc32)cc1. The van der Waals surface area contributed by atoms with Gasteiger partial charge in [-0.05, 0) is 245 Å². The molecule has 11 heteroatoms. The fraction of sp³-hybridized carbons (Fsp3) is 0. The van der Waals surface area contributed by atoms with Gasteiger partial charge in [0.15, 0.2) is 0 Å². The Hall–Kier alpha value is -15.3. The predicted octanol–water partition coefficient (Wildman–Crippen LogP) is 24.9. The highest BCUT2D eigenvalue weighted by Gasteiger charge is 2.23. The summed E-state index contributed by atoms with van der Waals surface area (Å²) < 4.78 is 9.30. The van der Waals surface area contributed by atoms with Crippen LogP contribution in [0.25, 0.3) is 200 Å². The van der Waals surface area contributed by atoms with Gasteiger partial charge in [-0.3, -0.25) is 29.1 Å². The Morgan fingerprint density at radius 2 is 0.509 bits per heavy atom. The Morgan fingerprint density at radius 3 is 0.938 bits per heavy atom.